The lowest BCUT2D eigenvalue weighted by Crippen LogP contribution is -2.26. The summed E-state index contributed by atoms with van der Waals surface area (Å²) < 4.78 is 0. The Morgan fingerprint density at radius 3 is 2.73 bits per heavy atom. The molecule has 1 aliphatic carbocycles. The highest BCUT2D eigenvalue weighted by atomic mass is 16.2. The minimum absolute atomic E-state index is 0.0790. The molecule has 0 unspecified atom stereocenters. The van der Waals surface area contributed by atoms with Crippen LogP contribution in [-0.4, -0.2) is 23.5 Å². The molecule has 0 atom stereocenters. The normalized spacial score (nSPS) is 13.7. The maximum absolute atomic E-state index is 12.2. The third-order valence-corrected chi connectivity index (χ3v) is 3.83. The van der Waals surface area contributed by atoms with Gasteiger partial charge < -0.3 is 10.2 Å². The van der Waals surface area contributed by atoms with Gasteiger partial charge in [0.2, 0.25) is 0 Å². The Hall–Kier alpha value is -2.36. The van der Waals surface area contributed by atoms with Gasteiger partial charge in [-0.3, -0.25) is 9.78 Å². The molecule has 0 bridgehead atoms. The molecule has 1 aliphatic rings. The quantitative estimate of drug-likeness (QED) is 0.919. The van der Waals surface area contributed by atoms with Crippen LogP contribution in [0.2, 0.25) is 0 Å². The minimum Gasteiger partial charge on any atom is -0.348 e. The molecule has 1 fully saturated rings. The van der Waals surface area contributed by atoms with Gasteiger partial charge in [-0.15, -0.1) is 0 Å². The molecular formula is C18H21N3O. The fourth-order valence-electron chi connectivity index (χ4n) is 2.51. The van der Waals surface area contributed by atoms with Crippen LogP contribution >= 0.6 is 0 Å². The summed E-state index contributed by atoms with van der Waals surface area (Å²) in [6.07, 6.45) is 3.86. The van der Waals surface area contributed by atoms with E-state index in [9.17, 15) is 4.79 Å². The third kappa shape index (κ3) is 3.27. The Bertz CT molecular complexity index is 680. The first-order valence-corrected chi connectivity index (χ1v) is 7.78. The van der Waals surface area contributed by atoms with E-state index in [1.165, 1.54) is 5.56 Å². The zero-order valence-electron chi connectivity index (χ0n) is 13.0. The molecule has 1 saturated carbocycles. The van der Waals surface area contributed by atoms with Crippen molar-refractivity contribution in [1.82, 2.24) is 10.3 Å². The summed E-state index contributed by atoms with van der Waals surface area (Å²) in [7, 11) is 0. The Morgan fingerprint density at radius 2 is 2.05 bits per heavy atom. The molecule has 1 amide bonds. The molecule has 4 nitrogen and oxygen atoms in total. The first-order valence-electron chi connectivity index (χ1n) is 7.78. The molecule has 0 aliphatic heterocycles. The van der Waals surface area contributed by atoms with E-state index in [1.807, 2.05) is 12.1 Å². The van der Waals surface area contributed by atoms with E-state index in [0.29, 0.717) is 11.7 Å². The SMILES string of the molecule is CCN(c1cccc(C)c1)c1ccnc(C(=O)NC2CC2)c1. The summed E-state index contributed by atoms with van der Waals surface area (Å²) in [5, 5.41) is 2.98. The number of aryl methyl sites for hydroxylation is 1. The molecule has 22 heavy (non-hydrogen) atoms. The second-order valence-electron chi connectivity index (χ2n) is 5.73. The monoisotopic (exact) mass is 295 g/mol. The molecule has 1 aromatic heterocycles. The van der Waals surface area contributed by atoms with E-state index in [0.717, 1.165) is 30.8 Å². The Kier molecular flexibility index (Phi) is 4.09. The zero-order chi connectivity index (χ0) is 15.5. The van der Waals surface area contributed by atoms with Crippen molar-refractivity contribution in [2.75, 3.05) is 11.4 Å². The minimum atomic E-state index is -0.0790. The highest BCUT2D eigenvalue weighted by Gasteiger charge is 2.24. The Balaban J connectivity index is 1.87. The predicted octanol–water partition coefficient (Wildman–Crippen LogP) is 3.44. The van der Waals surface area contributed by atoms with Crippen LogP contribution in [0.4, 0.5) is 11.4 Å². The predicted molar refractivity (Wildman–Crippen MR) is 88.6 cm³/mol. The topological polar surface area (TPSA) is 45.2 Å². The van der Waals surface area contributed by atoms with Gasteiger partial charge in [0.25, 0.3) is 5.91 Å². The van der Waals surface area contributed by atoms with Gasteiger partial charge in [0.1, 0.15) is 5.69 Å². The van der Waals surface area contributed by atoms with Crippen LogP contribution < -0.4 is 10.2 Å². The highest BCUT2D eigenvalue weighted by molar-refractivity contribution is 5.93. The first-order chi connectivity index (χ1) is 10.7. The maximum Gasteiger partial charge on any atom is 0.270 e. The second-order valence-corrected chi connectivity index (χ2v) is 5.73. The van der Waals surface area contributed by atoms with Crippen LogP contribution in [0.15, 0.2) is 42.6 Å². The Morgan fingerprint density at radius 1 is 1.27 bits per heavy atom. The molecule has 1 N–H and O–H groups in total. The molecule has 0 spiro atoms. The van der Waals surface area contributed by atoms with Crippen LogP contribution in [0, 0.1) is 6.92 Å². The van der Waals surface area contributed by atoms with Gasteiger partial charge in [-0.25, -0.2) is 0 Å². The van der Waals surface area contributed by atoms with E-state index in [2.05, 4.69) is 53.3 Å². The standard InChI is InChI=1S/C18H21N3O/c1-3-21(15-6-4-5-13(2)11-15)16-9-10-19-17(12-16)18(22)20-14-7-8-14/h4-6,9-12,14H,3,7-8H2,1-2H3,(H,20,22). The van der Waals surface area contributed by atoms with Crippen molar-refractivity contribution in [3.63, 3.8) is 0 Å². The molecule has 4 heteroatoms. The molecule has 0 radical (unpaired) electrons. The number of nitrogens with one attached hydrogen (secondary N) is 1. The molecule has 1 aromatic carbocycles. The van der Waals surface area contributed by atoms with Crippen molar-refractivity contribution in [2.45, 2.75) is 32.7 Å². The van der Waals surface area contributed by atoms with E-state index < -0.39 is 0 Å². The fourth-order valence-corrected chi connectivity index (χ4v) is 2.51. The summed E-state index contributed by atoms with van der Waals surface area (Å²) in [6, 6.07) is 12.5. The van der Waals surface area contributed by atoms with E-state index >= 15 is 0 Å². The molecule has 114 valence electrons. The van der Waals surface area contributed by atoms with Crippen molar-refractivity contribution in [1.29, 1.82) is 0 Å². The van der Waals surface area contributed by atoms with Gasteiger partial charge in [0.05, 0.1) is 0 Å². The van der Waals surface area contributed by atoms with Gasteiger partial charge in [0.15, 0.2) is 0 Å². The smallest absolute Gasteiger partial charge is 0.270 e. The van der Waals surface area contributed by atoms with Crippen molar-refractivity contribution >= 4 is 17.3 Å². The second kappa shape index (κ2) is 6.18. The average molecular weight is 295 g/mol. The number of benzene rings is 1. The van der Waals surface area contributed by atoms with E-state index in [1.54, 1.807) is 6.20 Å². The summed E-state index contributed by atoms with van der Waals surface area (Å²) in [4.78, 5) is 18.5. The summed E-state index contributed by atoms with van der Waals surface area (Å²) in [5.74, 6) is -0.0790. The molecular weight excluding hydrogens is 274 g/mol. The molecule has 2 aromatic rings. The highest BCUT2D eigenvalue weighted by Crippen LogP contribution is 2.26. The van der Waals surface area contributed by atoms with Crippen LogP contribution in [-0.2, 0) is 0 Å². The fraction of sp³-hybridized carbons (Fsp3) is 0.333. The number of pyridine rings is 1. The van der Waals surface area contributed by atoms with Gasteiger partial charge >= 0.3 is 0 Å². The van der Waals surface area contributed by atoms with Gasteiger partial charge in [-0.2, -0.15) is 0 Å². The average Bonchev–Trinajstić information content (AvgIpc) is 3.32. The number of rotatable bonds is 5. The number of hydrogen-bond acceptors (Lipinski definition) is 3. The summed E-state index contributed by atoms with van der Waals surface area (Å²) in [6.45, 7) is 5.02. The first kappa shape index (κ1) is 14.6. The van der Waals surface area contributed by atoms with Crippen molar-refractivity contribution < 1.29 is 4.79 Å². The van der Waals surface area contributed by atoms with Crippen molar-refractivity contribution in [3.8, 4) is 0 Å². The van der Waals surface area contributed by atoms with Gasteiger partial charge in [-0.05, 0) is 56.5 Å². The number of amides is 1. The van der Waals surface area contributed by atoms with Crippen LogP contribution in [0.25, 0.3) is 0 Å². The number of nitrogens with zero attached hydrogens (tertiary/aromatic N) is 2. The van der Waals surface area contributed by atoms with Crippen LogP contribution in [0.3, 0.4) is 0 Å². The van der Waals surface area contributed by atoms with E-state index in [4.69, 9.17) is 0 Å². The lowest BCUT2D eigenvalue weighted by molar-refractivity contribution is 0.0946. The summed E-state index contributed by atoms with van der Waals surface area (Å²) in [5.41, 5.74) is 3.82. The van der Waals surface area contributed by atoms with Gasteiger partial charge in [0, 0.05) is 30.2 Å². The lowest BCUT2D eigenvalue weighted by Gasteiger charge is -2.24. The largest absolute Gasteiger partial charge is 0.348 e. The van der Waals surface area contributed by atoms with Gasteiger partial charge in [-0.1, -0.05) is 12.1 Å². The maximum atomic E-state index is 12.2. The molecule has 0 saturated heterocycles. The third-order valence-electron chi connectivity index (χ3n) is 3.83. The molecule has 3 rings (SSSR count). The number of anilines is 2. The number of aromatic nitrogens is 1. The lowest BCUT2D eigenvalue weighted by atomic mass is 10.2. The van der Waals surface area contributed by atoms with E-state index in [-0.39, 0.29) is 5.91 Å². The van der Waals surface area contributed by atoms with Crippen LogP contribution in [0.1, 0.15) is 35.8 Å². The summed E-state index contributed by atoms with van der Waals surface area (Å²) >= 11 is 0. The van der Waals surface area contributed by atoms with Crippen molar-refractivity contribution in [2.24, 2.45) is 0 Å². The number of hydrogen-bond donors (Lipinski definition) is 1. The van der Waals surface area contributed by atoms with Crippen LogP contribution in [0.5, 0.6) is 0 Å². The zero-order valence-corrected chi connectivity index (χ0v) is 13.0. The Labute approximate surface area is 131 Å². The molecule has 1 heterocycles. The van der Waals surface area contributed by atoms with Crippen molar-refractivity contribution in [3.05, 3.63) is 53.9 Å². The number of carbonyl (C=O) groups excluding carboxylic acids is 1. The number of carbonyl (C=O) groups is 1.